The number of amidine groups is 1. The lowest BCUT2D eigenvalue weighted by molar-refractivity contribution is 0.824. The van der Waals surface area contributed by atoms with Gasteiger partial charge in [-0.3, -0.25) is 4.99 Å². The van der Waals surface area contributed by atoms with E-state index in [1.165, 1.54) is 4.70 Å². The van der Waals surface area contributed by atoms with Crippen LogP contribution in [0, 0.1) is 0 Å². The number of hydrogen-bond acceptors (Lipinski definition) is 3. The van der Waals surface area contributed by atoms with Crippen LogP contribution in [0.1, 0.15) is 19.4 Å². The highest BCUT2D eigenvalue weighted by molar-refractivity contribution is 7.21. The molecule has 6 heteroatoms. The van der Waals surface area contributed by atoms with Gasteiger partial charge in [0.1, 0.15) is 10.8 Å². The zero-order chi connectivity index (χ0) is 14.8. The van der Waals surface area contributed by atoms with Crippen molar-refractivity contribution >= 4 is 39.8 Å². The quantitative estimate of drug-likeness (QED) is 0.578. The van der Waals surface area contributed by atoms with Crippen molar-refractivity contribution in [2.45, 2.75) is 19.9 Å². The van der Waals surface area contributed by atoms with Crippen molar-refractivity contribution in [1.29, 1.82) is 0 Å². The molecule has 3 rings (SSSR count). The Kier molecular flexibility index (Phi) is 6.69. The fourth-order valence-corrected chi connectivity index (χ4v) is 3.10. The highest BCUT2D eigenvalue weighted by atomic mass is 35.5. The van der Waals surface area contributed by atoms with Gasteiger partial charge in [0, 0.05) is 17.2 Å². The Hall–Kier alpha value is -1.95. The first-order valence-electron chi connectivity index (χ1n) is 6.93. The Morgan fingerprint density at radius 3 is 2.35 bits per heavy atom. The van der Waals surface area contributed by atoms with Crippen LogP contribution in [-0.4, -0.2) is 22.3 Å². The zero-order valence-electron chi connectivity index (χ0n) is 13.0. The van der Waals surface area contributed by atoms with Gasteiger partial charge in [-0.05, 0) is 26.0 Å². The van der Waals surface area contributed by atoms with Crippen LogP contribution in [0.15, 0.2) is 53.5 Å². The SMILES string of the molecule is CC(C)N=C(N)c1ccc(-c2nc3ccccc3s2)cc1.Cl.O. The summed E-state index contributed by atoms with van der Waals surface area (Å²) in [5, 5.41) is 1.03. The minimum atomic E-state index is 0. The molecule has 4 N–H and O–H groups in total. The number of para-hydroxylation sites is 1. The lowest BCUT2D eigenvalue weighted by Gasteiger charge is -2.04. The number of nitrogens with two attached hydrogens (primary N) is 1. The number of aliphatic imine (C=N–C) groups is 1. The molecular weight excluding hydrogens is 330 g/mol. The summed E-state index contributed by atoms with van der Waals surface area (Å²) >= 11 is 1.70. The molecule has 0 saturated carbocycles. The van der Waals surface area contributed by atoms with Gasteiger partial charge in [0.2, 0.25) is 0 Å². The number of fused-ring (bicyclic) bond motifs is 1. The van der Waals surface area contributed by atoms with E-state index in [0.29, 0.717) is 5.84 Å². The van der Waals surface area contributed by atoms with E-state index >= 15 is 0 Å². The van der Waals surface area contributed by atoms with Crippen LogP contribution in [0.2, 0.25) is 0 Å². The molecule has 2 aromatic carbocycles. The maximum Gasteiger partial charge on any atom is 0.125 e. The molecule has 4 nitrogen and oxygen atoms in total. The smallest absolute Gasteiger partial charge is 0.125 e. The Bertz CT molecular complexity index is 764. The normalized spacial score (nSPS) is 11.2. The number of aromatic nitrogens is 1. The van der Waals surface area contributed by atoms with E-state index in [9.17, 15) is 0 Å². The highest BCUT2D eigenvalue weighted by Gasteiger charge is 2.06. The highest BCUT2D eigenvalue weighted by Crippen LogP contribution is 2.29. The van der Waals surface area contributed by atoms with Crippen molar-refractivity contribution in [2.75, 3.05) is 0 Å². The van der Waals surface area contributed by atoms with Crippen LogP contribution < -0.4 is 5.73 Å². The summed E-state index contributed by atoms with van der Waals surface area (Å²) in [4.78, 5) is 9.03. The molecule has 0 amide bonds. The summed E-state index contributed by atoms with van der Waals surface area (Å²) in [5.41, 5.74) is 9.09. The van der Waals surface area contributed by atoms with E-state index < -0.39 is 0 Å². The molecule has 0 unspecified atom stereocenters. The van der Waals surface area contributed by atoms with Crippen molar-refractivity contribution < 1.29 is 5.48 Å². The summed E-state index contributed by atoms with van der Waals surface area (Å²) in [6.07, 6.45) is 0. The van der Waals surface area contributed by atoms with Gasteiger partial charge >= 0.3 is 0 Å². The van der Waals surface area contributed by atoms with Crippen LogP contribution in [0.4, 0.5) is 0 Å². The number of rotatable bonds is 3. The second-order valence-corrected chi connectivity index (χ2v) is 6.20. The van der Waals surface area contributed by atoms with Gasteiger partial charge in [-0.2, -0.15) is 0 Å². The molecule has 0 aliphatic heterocycles. The topological polar surface area (TPSA) is 82.8 Å². The van der Waals surface area contributed by atoms with E-state index in [1.807, 2.05) is 44.2 Å². The summed E-state index contributed by atoms with van der Waals surface area (Å²) in [6.45, 7) is 4.03. The molecule has 0 spiro atoms. The molecule has 23 heavy (non-hydrogen) atoms. The van der Waals surface area contributed by atoms with Crippen molar-refractivity contribution in [2.24, 2.45) is 10.7 Å². The van der Waals surface area contributed by atoms with Gasteiger partial charge in [-0.1, -0.05) is 36.4 Å². The van der Waals surface area contributed by atoms with Crippen molar-refractivity contribution in [3.8, 4) is 10.6 Å². The third-order valence-corrected chi connectivity index (χ3v) is 4.20. The van der Waals surface area contributed by atoms with Gasteiger partial charge < -0.3 is 11.2 Å². The monoisotopic (exact) mass is 349 g/mol. The Balaban J connectivity index is 0.00000132. The van der Waals surface area contributed by atoms with E-state index in [1.54, 1.807) is 11.3 Å². The fraction of sp³-hybridized carbons (Fsp3) is 0.176. The van der Waals surface area contributed by atoms with Crippen LogP contribution in [-0.2, 0) is 0 Å². The molecule has 1 heterocycles. The summed E-state index contributed by atoms with van der Waals surface area (Å²) in [5.74, 6) is 0.584. The predicted octanol–water partition coefficient (Wildman–Crippen LogP) is 3.67. The first-order valence-corrected chi connectivity index (χ1v) is 7.75. The van der Waals surface area contributed by atoms with Crippen molar-refractivity contribution in [1.82, 2.24) is 4.98 Å². The number of halogens is 1. The lowest BCUT2D eigenvalue weighted by Crippen LogP contribution is -2.15. The molecule has 0 aliphatic rings. The van der Waals surface area contributed by atoms with Crippen molar-refractivity contribution in [3.05, 3.63) is 54.1 Å². The van der Waals surface area contributed by atoms with Gasteiger partial charge in [0.25, 0.3) is 0 Å². The predicted molar refractivity (Wildman–Crippen MR) is 102 cm³/mol. The maximum absolute atomic E-state index is 5.98. The molecule has 0 atom stereocenters. The molecule has 1 aromatic heterocycles. The van der Waals surface area contributed by atoms with Crippen LogP contribution >= 0.6 is 23.7 Å². The molecule has 0 bridgehead atoms. The Labute approximate surface area is 145 Å². The summed E-state index contributed by atoms with van der Waals surface area (Å²) in [6, 6.07) is 16.5. The Morgan fingerprint density at radius 2 is 1.74 bits per heavy atom. The average molecular weight is 350 g/mol. The van der Waals surface area contributed by atoms with Gasteiger partial charge in [0.05, 0.1) is 10.2 Å². The van der Waals surface area contributed by atoms with Crippen LogP contribution in [0.25, 0.3) is 20.8 Å². The number of benzene rings is 2. The molecule has 122 valence electrons. The third kappa shape index (κ3) is 4.28. The first-order chi connectivity index (χ1) is 10.1. The molecule has 0 radical (unpaired) electrons. The van der Waals surface area contributed by atoms with E-state index in [0.717, 1.165) is 21.7 Å². The molecule has 0 aliphatic carbocycles. The third-order valence-electron chi connectivity index (χ3n) is 3.12. The van der Waals surface area contributed by atoms with Crippen molar-refractivity contribution in [3.63, 3.8) is 0 Å². The molecule has 3 aromatic rings. The first kappa shape index (κ1) is 19.1. The van der Waals surface area contributed by atoms with Gasteiger partial charge in [0.15, 0.2) is 0 Å². The van der Waals surface area contributed by atoms with E-state index in [-0.39, 0.29) is 23.9 Å². The summed E-state index contributed by atoms with van der Waals surface area (Å²) in [7, 11) is 0. The number of thiazole rings is 1. The average Bonchev–Trinajstić information content (AvgIpc) is 2.90. The van der Waals surface area contributed by atoms with Crippen LogP contribution in [0.5, 0.6) is 0 Å². The fourth-order valence-electron chi connectivity index (χ4n) is 2.13. The lowest BCUT2D eigenvalue weighted by atomic mass is 10.1. The minimum Gasteiger partial charge on any atom is -0.412 e. The van der Waals surface area contributed by atoms with E-state index in [4.69, 9.17) is 5.73 Å². The molecular formula is C17H20ClN3OS. The number of nitrogens with zero attached hydrogens (tertiary/aromatic N) is 2. The Morgan fingerprint density at radius 1 is 1.09 bits per heavy atom. The van der Waals surface area contributed by atoms with Crippen LogP contribution in [0.3, 0.4) is 0 Å². The largest absolute Gasteiger partial charge is 0.412 e. The molecule has 0 saturated heterocycles. The van der Waals surface area contributed by atoms with Gasteiger partial charge in [-0.15, -0.1) is 23.7 Å². The minimum absolute atomic E-state index is 0. The second kappa shape index (κ2) is 8.06. The number of hydrogen-bond donors (Lipinski definition) is 1. The van der Waals surface area contributed by atoms with E-state index in [2.05, 4.69) is 28.2 Å². The standard InChI is InChI=1S/C17H17N3S.ClH.H2O/c1-11(2)19-16(18)12-7-9-13(10-8-12)17-20-14-5-3-4-6-15(14)21-17;;/h3-11H,1-2H3,(H2,18,19);1H;1H2. The summed E-state index contributed by atoms with van der Waals surface area (Å²) < 4.78 is 1.21. The molecule has 0 fully saturated rings. The van der Waals surface area contributed by atoms with Gasteiger partial charge in [-0.25, -0.2) is 4.98 Å². The zero-order valence-corrected chi connectivity index (χ0v) is 14.6. The maximum atomic E-state index is 5.98. The second-order valence-electron chi connectivity index (χ2n) is 5.17.